The molecule has 0 fully saturated rings. The first-order valence-electron chi connectivity index (χ1n) is 10.4. The highest BCUT2D eigenvalue weighted by Gasteiger charge is 2.31. The molecule has 3 aromatic carbocycles. The monoisotopic (exact) mass is 552 g/mol. The summed E-state index contributed by atoms with van der Waals surface area (Å²) in [5.74, 6) is -1.51. The normalized spacial score (nSPS) is 13.8. The second-order valence-corrected chi connectivity index (χ2v) is 10.9. The van der Waals surface area contributed by atoms with Crippen LogP contribution in [-0.4, -0.2) is 32.9 Å². The number of nitrogens with zero attached hydrogens (tertiary/aromatic N) is 1. The van der Waals surface area contributed by atoms with Gasteiger partial charge in [-0.1, -0.05) is 59.1 Å². The van der Waals surface area contributed by atoms with Crippen LogP contribution in [0.5, 0.6) is 0 Å². The zero-order valence-electron chi connectivity index (χ0n) is 18.3. The largest absolute Gasteiger partial charge is 0.449 e. The van der Waals surface area contributed by atoms with Crippen molar-refractivity contribution in [2.45, 2.75) is 24.3 Å². The Morgan fingerprint density at radius 1 is 0.971 bits per heavy atom. The predicted molar refractivity (Wildman–Crippen MR) is 136 cm³/mol. The quantitative estimate of drug-likeness (QED) is 0.318. The van der Waals surface area contributed by atoms with E-state index in [2.05, 4.69) is 5.32 Å². The second-order valence-electron chi connectivity index (χ2n) is 7.77. The number of carbonyl (C=O) groups is 2. The molecule has 4 rings (SSSR count). The van der Waals surface area contributed by atoms with E-state index < -0.39 is 28.0 Å². The molecule has 1 aliphatic heterocycles. The molecule has 11 heteroatoms. The number of sulfonamides is 1. The van der Waals surface area contributed by atoms with E-state index in [1.54, 1.807) is 12.1 Å². The second kappa shape index (κ2) is 10.1. The lowest BCUT2D eigenvalue weighted by Crippen LogP contribution is -2.30. The van der Waals surface area contributed by atoms with Gasteiger partial charge in [-0.2, -0.15) is 0 Å². The lowest BCUT2D eigenvalue weighted by molar-refractivity contribution is -0.123. The lowest BCUT2D eigenvalue weighted by Gasteiger charge is -2.20. The van der Waals surface area contributed by atoms with E-state index in [9.17, 15) is 18.0 Å². The number of ether oxygens (including phenoxy) is 1. The van der Waals surface area contributed by atoms with Gasteiger partial charge in [0.25, 0.3) is 15.9 Å². The third kappa shape index (κ3) is 5.26. The molecule has 0 aliphatic carbocycles. The van der Waals surface area contributed by atoms with Gasteiger partial charge < -0.3 is 10.1 Å². The Hall–Kier alpha value is -2.78. The molecule has 1 amide bonds. The van der Waals surface area contributed by atoms with Gasteiger partial charge in [0, 0.05) is 6.54 Å². The number of hydrogen-bond acceptors (Lipinski definition) is 5. The number of esters is 1. The molecule has 1 atom stereocenters. The molecule has 0 saturated heterocycles. The molecule has 0 aromatic heterocycles. The molecule has 1 N–H and O–H groups in total. The highest BCUT2D eigenvalue weighted by molar-refractivity contribution is 7.92. The minimum absolute atomic E-state index is 0.00854. The molecule has 35 heavy (non-hydrogen) atoms. The van der Waals surface area contributed by atoms with E-state index in [1.807, 2.05) is 12.1 Å². The standard InChI is InChI=1S/C24H19Cl3N2O5S/c1-14(23(30)28-21-13-19(26)18(25)12-20(21)27)34-24(31)16-6-4-7-17(11-16)35(32,33)29-10-9-15-5-2-3-8-22(15)29/h2-8,11-14H,9-10H2,1H3,(H,28,30). The van der Waals surface area contributed by atoms with Gasteiger partial charge in [-0.3, -0.25) is 9.10 Å². The van der Waals surface area contributed by atoms with Crippen LogP contribution in [0.4, 0.5) is 11.4 Å². The first kappa shape index (κ1) is 25.3. The van der Waals surface area contributed by atoms with Crippen molar-refractivity contribution in [1.82, 2.24) is 0 Å². The smallest absolute Gasteiger partial charge is 0.338 e. The van der Waals surface area contributed by atoms with Crippen molar-refractivity contribution in [3.8, 4) is 0 Å². The number of amides is 1. The first-order valence-corrected chi connectivity index (χ1v) is 13.0. The fourth-order valence-corrected chi connectivity index (χ4v) is 5.75. The number of anilines is 2. The number of nitrogens with one attached hydrogen (secondary N) is 1. The fourth-order valence-electron chi connectivity index (χ4n) is 3.60. The maximum Gasteiger partial charge on any atom is 0.338 e. The number of benzene rings is 3. The minimum atomic E-state index is -3.90. The van der Waals surface area contributed by atoms with Crippen molar-refractivity contribution in [1.29, 1.82) is 0 Å². The highest BCUT2D eigenvalue weighted by Crippen LogP contribution is 2.34. The van der Waals surface area contributed by atoms with Crippen molar-refractivity contribution >= 4 is 68.1 Å². The van der Waals surface area contributed by atoms with Crippen LogP contribution in [0.1, 0.15) is 22.8 Å². The third-order valence-corrected chi connectivity index (χ3v) is 8.27. The van der Waals surface area contributed by atoms with Crippen molar-refractivity contribution in [2.24, 2.45) is 0 Å². The van der Waals surface area contributed by atoms with Crippen LogP contribution in [0, 0.1) is 0 Å². The third-order valence-electron chi connectivity index (χ3n) is 5.42. The van der Waals surface area contributed by atoms with Gasteiger partial charge >= 0.3 is 5.97 Å². The molecule has 0 spiro atoms. The van der Waals surface area contributed by atoms with Gasteiger partial charge in [-0.15, -0.1) is 0 Å². The number of carbonyl (C=O) groups excluding carboxylic acids is 2. The zero-order valence-corrected chi connectivity index (χ0v) is 21.4. The Balaban J connectivity index is 1.48. The molecule has 0 radical (unpaired) electrons. The molecule has 182 valence electrons. The molecule has 3 aromatic rings. The van der Waals surface area contributed by atoms with Crippen molar-refractivity contribution in [3.05, 3.63) is 86.9 Å². The van der Waals surface area contributed by atoms with Crippen LogP contribution < -0.4 is 9.62 Å². The summed E-state index contributed by atoms with van der Waals surface area (Å²) < 4.78 is 33.1. The number of rotatable bonds is 6. The van der Waals surface area contributed by atoms with E-state index in [4.69, 9.17) is 39.5 Å². The summed E-state index contributed by atoms with van der Waals surface area (Å²) in [5, 5.41) is 3.10. The Labute approximate surface area is 217 Å². The topological polar surface area (TPSA) is 92.8 Å². The van der Waals surface area contributed by atoms with Gasteiger partial charge in [0.2, 0.25) is 0 Å². The van der Waals surface area contributed by atoms with E-state index in [0.29, 0.717) is 18.7 Å². The Bertz CT molecular complexity index is 1430. The summed E-state index contributed by atoms with van der Waals surface area (Å²) in [6.07, 6.45) is -0.606. The van der Waals surface area contributed by atoms with Crippen molar-refractivity contribution in [2.75, 3.05) is 16.2 Å². The molecular formula is C24H19Cl3N2O5S. The SMILES string of the molecule is CC(OC(=O)c1cccc(S(=O)(=O)N2CCc3ccccc32)c1)C(=O)Nc1cc(Cl)c(Cl)cc1Cl. The molecule has 0 bridgehead atoms. The van der Waals surface area contributed by atoms with Gasteiger partial charge in [0.1, 0.15) is 0 Å². The molecule has 1 unspecified atom stereocenters. The van der Waals surface area contributed by atoms with Crippen LogP contribution in [0.3, 0.4) is 0 Å². The lowest BCUT2D eigenvalue weighted by atomic mass is 10.2. The van der Waals surface area contributed by atoms with Gasteiger partial charge in [0.15, 0.2) is 6.10 Å². The van der Waals surface area contributed by atoms with E-state index in [-0.39, 0.29) is 31.2 Å². The predicted octanol–water partition coefficient (Wildman–Crippen LogP) is 5.58. The Morgan fingerprint density at radius 3 is 2.46 bits per heavy atom. The van der Waals surface area contributed by atoms with E-state index in [1.165, 1.54) is 47.6 Å². The molecule has 7 nitrogen and oxygen atoms in total. The molecule has 0 saturated carbocycles. The summed E-state index contributed by atoms with van der Waals surface area (Å²) in [6.45, 7) is 1.69. The fraction of sp³-hybridized carbons (Fsp3) is 0.167. The van der Waals surface area contributed by atoms with E-state index in [0.717, 1.165) is 5.56 Å². The number of fused-ring (bicyclic) bond motifs is 1. The highest BCUT2D eigenvalue weighted by atomic mass is 35.5. The maximum atomic E-state index is 13.3. The van der Waals surface area contributed by atoms with Crippen LogP contribution in [0.15, 0.2) is 65.6 Å². The van der Waals surface area contributed by atoms with Crippen molar-refractivity contribution in [3.63, 3.8) is 0 Å². The van der Waals surface area contributed by atoms with Crippen LogP contribution in [0.25, 0.3) is 0 Å². The molecule has 1 aliphatic rings. The van der Waals surface area contributed by atoms with Crippen LogP contribution in [0.2, 0.25) is 15.1 Å². The number of para-hydroxylation sites is 1. The van der Waals surface area contributed by atoms with E-state index >= 15 is 0 Å². The molecule has 1 heterocycles. The number of hydrogen-bond donors (Lipinski definition) is 1. The Morgan fingerprint density at radius 2 is 1.69 bits per heavy atom. The average molecular weight is 554 g/mol. The Kier molecular flexibility index (Phi) is 7.28. The summed E-state index contributed by atoms with van der Waals surface area (Å²) in [5.41, 5.74) is 1.75. The zero-order chi connectivity index (χ0) is 25.3. The van der Waals surface area contributed by atoms with Gasteiger partial charge in [-0.25, -0.2) is 13.2 Å². The summed E-state index contributed by atoms with van der Waals surface area (Å²) in [6, 6.07) is 15.5. The van der Waals surface area contributed by atoms with Gasteiger partial charge in [-0.05, 0) is 55.3 Å². The van der Waals surface area contributed by atoms with Crippen LogP contribution in [-0.2, 0) is 26.0 Å². The first-order chi connectivity index (χ1) is 16.6. The minimum Gasteiger partial charge on any atom is -0.449 e. The van der Waals surface area contributed by atoms with Gasteiger partial charge in [0.05, 0.1) is 36.9 Å². The van der Waals surface area contributed by atoms with Crippen molar-refractivity contribution < 1.29 is 22.7 Å². The summed E-state index contributed by atoms with van der Waals surface area (Å²) >= 11 is 17.9. The molecular weight excluding hydrogens is 535 g/mol. The number of halogens is 3. The maximum absolute atomic E-state index is 13.3. The summed E-state index contributed by atoms with van der Waals surface area (Å²) in [4.78, 5) is 25.2. The average Bonchev–Trinajstić information content (AvgIpc) is 3.27. The van der Waals surface area contributed by atoms with Crippen LogP contribution >= 0.6 is 34.8 Å². The summed E-state index contributed by atoms with van der Waals surface area (Å²) in [7, 11) is -3.90.